The molecule has 2 N–H and O–H groups in total. The molecule has 23 rings (SSSR count). The molecule has 614 valence electrons. The van der Waals surface area contributed by atoms with Crippen molar-refractivity contribution in [2.24, 2.45) is 11.3 Å². The maximum Gasteiger partial charge on any atom is 0.212 e. The van der Waals surface area contributed by atoms with Gasteiger partial charge in [-0.15, -0.1) is 0 Å². The highest BCUT2D eigenvalue weighted by Crippen LogP contribution is 2.43. The van der Waals surface area contributed by atoms with Gasteiger partial charge < -0.3 is 43.9 Å². The Bertz CT molecular complexity index is 6200. The van der Waals surface area contributed by atoms with Crippen LogP contribution in [-0.4, -0.2) is 199 Å². The quantitative estimate of drug-likeness (QED) is 0.0710. The van der Waals surface area contributed by atoms with Crippen molar-refractivity contribution >= 4 is 34.0 Å². The summed E-state index contributed by atoms with van der Waals surface area (Å²) < 4.78 is 40.7. The maximum atomic E-state index is 14.1. The number of aromatic nitrogens is 12. The van der Waals surface area contributed by atoms with E-state index in [-0.39, 0.29) is 11.7 Å². The summed E-state index contributed by atoms with van der Waals surface area (Å²) in [6.07, 6.45) is 29.6. The lowest BCUT2D eigenvalue weighted by atomic mass is 9.87. The molecular weight excluding hydrogens is 1540 g/mol. The van der Waals surface area contributed by atoms with Crippen molar-refractivity contribution in [2.75, 3.05) is 81.9 Å². The Balaban J connectivity index is 0.000000125. The number of anilines is 3. The smallest absolute Gasteiger partial charge is 0.212 e. The summed E-state index contributed by atoms with van der Waals surface area (Å²) >= 11 is 0. The van der Waals surface area contributed by atoms with Gasteiger partial charge in [-0.25, -0.2) is 42.9 Å². The lowest BCUT2D eigenvalue weighted by Gasteiger charge is -2.56. The van der Waals surface area contributed by atoms with Crippen molar-refractivity contribution in [3.63, 3.8) is 0 Å². The van der Waals surface area contributed by atoms with Crippen LogP contribution in [0.2, 0.25) is 0 Å². The molecular formula is C93H89FN22O6. The second-order valence-electron chi connectivity index (χ2n) is 33.3. The van der Waals surface area contributed by atoms with Crippen LogP contribution in [0, 0.1) is 86.2 Å². The molecule has 6 bridgehead atoms. The molecule has 2 aliphatic carbocycles. The number of fused-ring (bicyclic) bond motifs is 9. The van der Waals surface area contributed by atoms with E-state index in [0.29, 0.717) is 100 Å². The van der Waals surface area contributed by atoms with Gasteiger partial charge in [0.15, 0.2) is 11.6 Å². The second kappa shape index (κ2) is 33.5. The average molecular weight is 1630 g/mol. The first-order valence-corrected chi connectivity index (χ1v) is 41.2. The number of rotatable bonds is 19. The van der Waals surface area contributed by atoms with Crippen molar-refractivity contribution in [1.82, 2.24) is 73.4 Å². The standard InChI is InChI=1S/C32H32N8O2.C31H29N7O2.C30H28FN7O2/c1-41-30-7-4-22(13-36-30)16-39-25-10-26(39)18-38(17-25)29-6-5-23(14-35-29)28-11-27(19-40-31(28)24(12-33)15-37-40)42-21-32(20-34)8-2-3-9-32;1-40-30-9-3-21(13-34-30)16-37-25-11-26(37)19-36(18-25)29-8-6-23(14-33-29)27-10-20(2-7-28(39)22-4-5-22)17-38-31(27)24(12-32)15-35-38;1-30(2,39)7-6-19-8-25(29-21(11-32)13-35-38(29)15-19)20-4-5-28(34-12-20)36-17-23-10-24(18-36)37(23)16-22-9-26(31)27(40-3)14-33-22/h4-7,11,13-15,19,25-26H,2-3,8-10,16-18,21H2,1H3;3,6,8-10,13-15,17,22,25-26,28,39H,4-5,11,16,18-19H2,1H3;4-5,8-9,12-15,23-24,39H,10,16-18H2,1-3H3. The minimum absolute atomic E-state index is 0.153. The van der Waals surface area contributed by atoms with Crippen molar-refractivity contribution in [2.45, 2.75) is 139 Å². The highest BCUT2D eigenvalue weighted by Gasteiger charge is 2.48. The molecule has 0 amide bonds. The van der Waals surface area contributed by atoms with Crippen molar-refractivity contribution in [1.29, 1.82) is 21.0 Å². The Morgan fingerprint density at radius 1 is 0.508 bits per heavy atom. The van der Waals surface area contributed by atoms with E-state index in [2.05, 4.69) is 144 Å². The number of piperidine rings is 3. The number of hydrogen-bond donors (Lipinski definition) is 2. The van der Waals surface area contributed by atoms with Gasteiger partial charge in [-0.3, -0.25) is 19.7 Å². The Morgan fingerprint density at radius 2 is 0.951 bits per heavy atom. The van der Waals surface area contributed by atoms with E-state index in [1.54, 1.807) is 66.4 Å². The first-order valence-electron chi connectivity index (χ1n) is 41.2. The molecule has 12 aromatic rings. The number of methoxy groups -OCH3 is 3. The van der Waals surface area contributed by atoms with E-state index >= 15 is 0 Å². The van der Waals surface area contributed by atoms with E-state index in [4.69, 9.17) is 33.9 Å². The van der Waals surface area contributed by atoms with Crippen LogP contribution >= 0.6 is 0 Å². The third kappa shape index (κ3) is 16.4. The molecule has 7 atom stereocenters. The maximum absolute atomic E-state index is 14.1. The van der Waals surface area contributed by atoms with Crippen molar-refractivity contribution < 1.29 is 33.6 Å². The van der Waals surface area contributed by atoms with Crippen LogP contribution in [0.3, 0.4) is 0 Å². The average Bonchev–Trinajstić information content (AvgIpc) is 0.973. The fourth-order valence-corrected chi connectivity index (χ4v) is 18.1. The third-order valence-electron chi connectivity index (χ3n) is 24.8. The van der Waals surface area contributed by atoms with Gasteiger partial charge in [0, 0.05) is 201 Å². The summed E-state index contributed by atoms with van der Waals surface area (Å²) in [7, 11) is 4.70. The summed E-state index contributed by atoms with van der Waals surface area (Å²) in [6, 6.07) is 39.4. The van der Waals surface area contributed by atoms with Crippen LogP contribution in [0.5, 0.6) is 23.3 Å². The number of piperazine rings is 3. The molecule has 0 aromatic carbocycles. The van der Waals surface area contributed by atoms with E-state index < -0.39 is 22.9 Å². The van der Waals surface area contributed by atoms with Gasteiger partial charge >= 0.3 is 0 Å². The lowest BCUT2D eigenvalue weighted by molar-refractivity contribution is -0.00977. The van der Waals surface area contributed by atoms with Crippen LogP contribution in [0.25, 0.3) is 49.9 Å². The molecule has 2 saturated carbocycles. The van der Waals surface area contributed by atoms with Crippen molar-refractivity contribution in [3.8, 4) is 105 Å². The molecule has 0 spiro atoms. The molecule has 12 aromatic heterocycles. The highest BCUT2D eigenvalue weighted by atomic mass is 19.1. The topological polar surface area (TPSA) is 321 Å². The van der Waals surface area contributed by atoms with Gasteiger partial charge in [-0.1, -0.05) is 48.7 Å². The number of nitriles is 4. The molecule has 0 radical (unpaired) electrons. The summed E-state index contributed by atoms with van der Waals surface area (Å²) in [5.41, 5.74) is 11.6. The molecule has 9 saturated heterocycles. The fraction of sp³-hybridized carbons (Fsp3) is 0.366. The number of halogens is 1. The monoisotopic (exact) mass is 1630 g/mol. The number of aliphatic hydroxyl groups is 2. The number of nitrogens with zero attached hydrogens (tertiary/aromatic N) is 22. The normalized spacial score (nSPS) is 20.1. The molecule has 29 heteroatoms. The first-order chi connectivity index (χ1) is 59.4. The predicted molar refractivity (Wildman–Crippen MR) is 452 cm³/mol. The van der Waals surface area contributed by atoms with Crippen molar-refractivity contribution in [3.05, 3.63) is 210 Å². The minimum atomic E-state index is -1.13. The van der Waals surface area contributed by atoms with Crippen LogP contribution in [-0.2, 0) is 19.6 Å². The number of aliphatic hydroxyl groups excluding tert-OH is 1. The Kier molecular flexibility index (Phi) is 21.8. The minimum Gasteiger partial charge on any atom is -0.492 e. The number of hydrogen-bond acceptors (Lipinski definition) is 25. The Morgan fingerprint density at radius 3 is 1.34 bits per heavy atom. The highest BCUT2D eigenvalue weighted by molar-refractivity contribution is 5.88. The van der Waals surface area contributed by atoms with E-state index in [1.807, 2.05) is 79.6 Å². The van der Waals surface area contributed by atoms with Gasteiger partial charge in [-0.2, -0.15) is 36.3 Å². The first kappa shape index (κ1) is 79.5. The van der Waals surface area contributed by atoms with Gasteiger partial charge in [0.1, 0.15) is 59.7 Å². The largest absolute Gasteiger partial charge is 0.492 e. The van der Waals surface area contributed by atoms with Crippen LogP contribution in [0.4, 0.5) is 21.8 Å². The van der Waals surface area contributed by atoms with Crippen LogP contribution in [0.15, 0.2) is 159 Å². The SMILES string of the molecule is COc1ccc(CN2C3CC2CN(c2ccc(-c4cc(C#CC(O)C5CC5)cn5ncc(C#N)c45)cn2)C3)cn1.COc1ccc(CN2C3CC2CN(c2ccc(-c4cc(OCC5(C#N)CCCC5)cn5ncc(C#N)c45)cn2)C3)cn1.COc1cnc(CN2C3CC2CN(c2ccc(-c4cc(C#CC(C)(C)O)cn5ncc(C#N)c45)cn2)C3)cc1F. The molecule has 11 aliphatic rings. The summed E-state index contributed by atoms with van der Waals surface area (Å²) in [5, 5.41) is 72.3. The fourth-order valence-electron chi connectivity index (χ4n) is 18.1. The zero-order valence-electron chi connectivity index (χ0n) is 68.3. The summed E-state index contributed by atoms with van der Waals surface area (Å²) in [4.78, 5) is 42.0. The number of pyridine rings is 9. The van der Waals surface area contributed by atoms with Gasteiger partial charge in [0.05, 0.1) is 103 Å². The molecule has 9 aliphatic heterocycles. The number of ether oxygens (including phenoxy) is 4. The van der Waals surface area contributed by atoms with Gasteiger partial charge in [0.25, 0.3) is 0 Å². The molecule has 7 unspecified atom stereocenters. The third-order valence-corrected chi connectivity index (χ3v) is 24.8. The van der Waals surface area contributed by atoms with Crippen LogP contribution in [0.1, 0.15) is 116 Å². The molecule has 122 heavy (non-hydrogen) atoms. The second-order valence-corrected chi connectivity index (χ2v) is 33.3. The zero-order chi connectivity index (χ0) is 83.9. The molecule has 28 nitrogen and oxygen atoms in total. The zero-order valence-corrected chi connectivity index (χ0v) is 68.3. The molecule has 21 heterocycles. The Labute approximate surface area is 705 Å². The van der Waals surface area contributed by atoms with Gasteiger partial charge in [-0.05, 0) is 130 Å². The summed E-state index contributed by atoms with van der Waals surface area (Å²) in [6.45, 7) is 11.4. The van der Waals surface area contributed by atoms with E-state index in [0.717, 1.165) is 165 Å². The van der Waals surface area contributed by atoms with Crippen LogP contribution < -0.4 is 33.6 Å². The van der Waals surface area contributed by atoms with Gasteiger partial charge in [0.2, 0.25) is 11.8 Å². The lowest BCUT2D eigenvalue weighted by Crippen LogP contribution is -2.68. The van der Waals surface area contributed by atoms with E-state index in [9.17, 15) is 35.7 Å². The predicted octanol–water partition coefficient (Wildman–Crippen LogP) is 11.3. The van der Waals surface area contributed by atoms with E-state index in [1.165, 1.54) is 49.5 Å². The Hall–Kier alpha value is -13.6. The summed E-state index contributed by atoms with van der Waals surface area (Å²) in [5.74, 6) is 16.7. The molecule has 11 fully saturated rings.